The Morgan fingerprint density at radius 2 is 1.48 bits per heavy atom. The minimum atomic E-state index is 0.457. The van der Waals surface area contributed by atoms with E-state index in [1.165, 1.54) is 12.8 Å². The van der Waals surface area contributed by atoms with Gasteiger partial charge in [-0.2, -0.15) is 15.0 Å². The maximum atomic E-state index is 5.29. The molecule has 1 aromatic heterocycles. The molecule has 0 atom stereocenters. The molecule has 8 heteroatoms. The van der Waals surface area contributed by atoms with Gasteiger partial charge in [-0.15, -0.1) is 0 Å². The third-order valence-electron chi connectivity index (χ3n) is 4.61. The van der Waals surface area contributed by atoms with Crippen LogP contribution in [-0.2, 0) is 0 Å². The Bertz CT molecular complexity index is 907. The summed E-state index contributed by atoms with van der Waals surface area (Å²) < 4.78 is 5.29. The Kier molecular flexibility index (Phi) is 5.60. The first-order valence-corrected chi connectivity index (χ1v) is 9.68. The van der Waals surface area contributed by atoms with Crippen molar-refractivity contribution in [1.82, 2.24) is 15.0 Å². The number of nitrogens with zero attached hydrogens (tertiary/aromatic N) is 3. The number of hydrogen-bond acceptors (Lipinski definition) is 8. The summed E-state index contributed by atoms with van der Waals surface area (Å²) in [6, 6.07) is 15.6. The van der Waals surface area contributed by atoms with Crippen LogP contribution in [0.3, 0.4) is 0 Å². The molecule has 8 nitrogen and oxygen atoms in total. The van der Waals surface area contributed by atoms with Crippen LogP contribution in [0.2, 0.25) is 0 Å². The molecule has 29 heavy (non-hydrogen) atoms. The Labute approximate surface area is 170 Å². The molecule has 1 heterocycles. The van der Waals surface area contributed by atoms with Gasteiger partial charge in [0.2, 0.25) is 17.8 Å². The average molecular weight is 391 g/mol. The lowest BCUT2D eigenvalue weighted by atomic mass is 10.3. The van der Waals surface area contributed by atoms with Gasteiger partial charge in [-0.25, -0.2) is 0 Å². The highest BCUT2D eigenvalue weighted by molar-refractivity contribution is 5.63. The van der Waals surface area contributed by atoms with E-state index in [4.69, 9.17) is 4.74 Å². The molecular formula is C21H25N7O. The number of ether oxygens (including phenoxy) is 1. The minimum Gasteiger partial charge on any atom is -0.497 e. The molecule has 2 aromatic carbocycles. The number of rotatable bonds is 9. The summed E-state index contributed by atoms with van der Waals surface area (Å²) in [5.41, 5.74) is 2.74. The van der Waals surface area contributed by atoms with Crippen molar-refractivity contribution in [2.45, 2.75) is 12.8 Å². The van der Waals surface area contributed by atoms with E-state index in [-0.39, 0.29) is 0 Å². The molecule has 0 radical (unpaired) electrons. The molecule has 0 spiro atoms. The van der Waals surface area contributed by atoms with Crippen molar-refractivity contribution in [3.05, 3.63) is 48.5 Å². The van der Waals surface area contributed by atoms with Gasteiger partial charge in [0.05, 0.1) is 7.11 Å². The first-order chi connectivity index (χ1) is 14.2. The minimum absolute atomic E-state index is 0.457. The maximum absolute atomic E-state index is 5.29. The third kappa shape index (κ3) is 5.25. The maximum Gasteiger partial charge on any atom is 0.233 e. The smallest absolute Gasteiger partial charge is 0.233 e. The molecule has 4 N–H and O–H groups in total. The Hall–Kier alpha value is -3.55. The lowest BCUT2D eigenvalue weighted by molar-refractivity contribution is 0.415. The number of hydrogen-bond donors (Lipinski definition) is 4. The highest BCUT2D eigenvalue weighted by Crippen LogP contribution is 2.29. The number of methoxy groups -OCH3 is 1. The molecule has 3 aromatic rings. The predicted molar refractivity (Wildman–Crippen MR) is 117 cm³/mol. The molecule has 1 aliphatic rings. The van der Waals surface area contributed by atoms with Crippen molar-refractivity contribution in [2.24, 2.45) is 5.92 Å². The van der Waals surface area contributed by atoms with E-state index < -0.39 is 0 Å². The zero-order valence-electron chi connectivity index (χ0n) is 16.6. The van der Waals surface area contributed by atoms with Crippen molar-refractivity contribution < 1.29 is 4.74 Å². The van der Waals surface area contributed by atoms with E-state index in [1.54, 1.807) is 7.11 Å². The fraction of sp³-hybridized carbons (Fsp3) is 0.286. The fourth-order valence-corrected chi connectivity index (χ4v) is 2.84. The average Bonchev–Trinajstić information content (AvgIpc) is 3.57. The highest BCUT2D eigenvalue weighted by Gasteiger charge is 2.21. The summed E-state index contributed by atoms with van der Waals surface area (Å²) in [7, 11) is 3.53. The van der Waals surface area contributed by atoms with Gasteiger partial charge in [-0.3, -0.25) is 0 Å². The number of benzene rings is 2. The predicted octanol–water partition coefficient (Wildman–Crippen LogP) is 4.23. The van der Waals surface area contributed by atoms with Crippen LogP contribution in [0.15, 0.2) is 48.5 Å². The van der Waals surface area contributed by atoms with Crippen LogP contribution in [0.1, 0.15) is 12.8 Å². The monoisotopic (exact) mass is 391 g/mol. The fourth-order valence-electron chi connectivity index (χ4n) is 2.84. The van der Waals surface area contributed by atoms with Crippen LogP contribution in [0.5, 0.6) is 5.75 Å². The van der Waals surface area contributed by atoms with E-state index in [9.17, 15) is 0 Å². The molecular weight excluding hydrogens is 366 g/mol. The van der Waals surface area contributed by atoms with E-state index in [2.05, 4.69) is 36.2 Å². The van der Waals surface area contributed by atoms with Crippen molar-refractivity contribution in [3.8, 4) is 5.75 Å². The van der Waals surface area contributed by atoms with Crippen LogP contribution in [0.25, 0.3) is 0 Å². The zero-order valence-corrected chi connectivity index (χ0v) is 16.6. The number of nitrogens with one attached hydrogen (secondary N) is 4. The van der Waals surface area contributed by atoms with Gasteiger partial charge in [0, 0.05) is 36.7 Å². The van der Waals surface area contributed by atoms with Crippen LogP contribution >= 0.6 is 0 Å². The summed E-state index contributed by atoms with van der Waals surface area (Å²) in [4.78, 5) is 13.6. The number of anilines is 6. The molecule has 1 fully saturated rings. The normalized spacial score (nSPS) is 12.9. The standard InChI is InChI=1S/C21H25N7O/c1-22-15-5-3-6-16(11-15)24-20-26-19(23-13-14-9-10-14)27-21(28-20)25-17-7-4-8-18(12-17)29-2/h3-8,11-12,14,22H,9-10,13H2,1-2H3,(H3,23,24,25,26,27,28). The van der Waals surface area contributed by atoms with E-state index >= 15 is 0 Å². The second-order valence-electron chi connectivity index (χ2n) is 6.94. The Morgan fingerprint density at radius 1 is 0.862 bits per heavy atom. The second-order valence-corrected chi connectivity index (χ2v) is 6.94. The van der Waals surface area contributed by atoms with Gasteiger partial charge >= 0.3 is 0 Å². The first kappa shape index (κ1) is 18.8. The van der Waals surface area contributed by atoms with Gasteiger partial charge < -0.3 is 26.0 Å². The van der Waals surface area contributed by atoms with Crippen molar-refractivity contribution >= 4 is 34.9 Å². The molecule has 150 valence electrons. The topological polar surface area (TPSA) is 96.0 Å². The molecule has 4 rings (SSSR count). The summed E-state index contributed by atoms with van der Waals surface area (Å²) in [6.07, 6.45) is 2.52. The van der Waals surface area contributed by atoms with Crippen molar-refractivity contribution in [3.63, 3.8) is 0 Å². The molecule has 1 aliphatic carbocycles. The van der Waals surface area contributed by atoms with Gasteiger partial charge in [0.15, 0.2) is 0 Å². The summed E-state index contributed by atoms with van der Waals surface area (Å²) in [5, 5.41) is 13.0. The number of aromatic nitrogens is 3. The molecule has 0 unspecified atom stereocenters. The van der Waals surface area contributed by atoms with Gasteiger partial charge in [-0.05, 0) is 49.1 Å². The van der Waals surface area contributed by atoms with Gasteiger partial charge in [0.1, 0.15) is 5.75 Å². The zero-order chi connectivity index (χ0) is 20.1. The molecule has 0 aliphatic heterocycles. The molecule has 0 saturated heterocycles. The largest absolute Gasteiger partial charge is 0.497 e. The summed E-state index contributed by atoms with van der Waals surface area (Å²) in [6.45, 7) is 0.872. The quantitative estimate of drug-likeness (QED) is 0.430. The van der Waals surface area contributed by atoms with Crippen LogP contribution in [0, 0.1) is 5.92 Å². The van der Waals surface area contributed by atoms with Gasteiger partial charge in [0.25, 0.3) is 0 Å². The van der Waals surface area contributed by atoms with Crippen LogP contribution in [-0.4, -0.2) is 35.7 Å². The van der Waals surface area contributed by atoms with Crippen LogP contribution in [0.4, 0.5) is 34.9 Å². The second kappa shape index (κ2) is 8.64. The third-order valence-corrected chi connectivity index (χ3v) is 4.61. The lowest BCUT2D eigenvalue weighted by Crippen LogP contribution is -2.11. The van der Waals surface area contributed by atoms with Crippen LogP contribution < -0.4 is 26.0 Å². The molecule has 1 saturated carbocycles. The first-order valence-electron chi connectivity index (χ1n) is 9.68. The van der Waals surface area contributed by atoms with Gasteiger partial charge in [-0.1, -0.05) is 12.1 Å². The van der Waals surface area contributed by atoms with Crippen molar-refractivity contribution in [2.75, 3.05) is 42.0 Å². The summed E-state index contributed by atoms with van der Waals surface area (Å²) >= 11 is 0. The Morgan fingerprint density at radius 3 is 2.14 bits per heavy atom. The molecule has 0 amide bonds. The SMILES string of the molecule is CNc1cccc(Nc2nc(NCC3CC3)nc(Nc3cccc(OC)c3)n2)c1. The van der Waals surface area contributed by atoms with E-state index in [0.717, 1.165) is 29.4 Å². The Balaban J connectivity index is 1.58. The lowest BCUT2D eigenvalue weighted by Gasteiger charge is -2.12. The van der Waals surface area contributed by atoms with E-state index in [0.29, 0.717) is 23.8 Å². The van der Waals surface area contributed by atoms with Crippen molar-refractivity contribution in [1.29, 1.82) is 0 Å². The summed E-state index contributed by atoms with van der Waals surface area (Å²) in [5.74, 6) is 2.95. The van der Waals surface area contributed by atoms with E-state index in [1.807, 2.05) is 55.6 Å². The molecule has 0 bridgehead atoms. The highest BCUT2D eigenvalue weighted by atomic mass is 16.5.